The molecule has 0 radical (unpaired) electrons. The van der Waals surface area contributed by atoms with Crippen LogP contribution in [0.4, 0.5) is 0 Å². The van der Waals surface area contributed by atoms with E-state index in [1.54, 1.807) is 24.3 Å². The number of primary amides is 1. The molecule has 1 rings (SSSR count). The van der Waals surface area contributed by atoms with Gasteiger partial charge in [-0.25, -0.2) is 0 Å². The summed E-state index contributed by atoms with van der Waals surface area (Å²) in [6, 6.07) is 6.82. The maximum atomic E-state index is 10.9. The van der Waals surface area contributed by atoms with E-state index in [2.05, 4.69) is 0 Å². The van der Waals surface area contributed by atoms with Crippen LogP contribution in [-0.2, 0) is 0 Å². The third kappa shape index (κ3) is 3.24. The Balaban J connectivity index is 0.00000169. The smallest absolute Gasteiger partial charge is 0.252 e. The second-order valence-corrected chi connectivity index (χ2v) is 2.50. The Hall–Kier alpha value is -1.26. The third-order valence-corrected chi connectivity index (χ3v) is 1.53. The molecule has 0 saturated heterocycles. The van der Waals surface area contributed by atoms with Crippen LogP contribution in [0.25, 0.3) is 0 Å². The van der Waals surface area contributed by atoms with Crippen molar-refractivity contribution in [1.29, 1.82) is 0 Å². The number of carbonyl (C=O) groups excluding carboxylic acids is 1. The van der Waals surface area contributed by atoms with E-state index >= 15 is 0 Å². The zero-order valence-electron chi connectivity index (χ0n) is 7.60. The second-order valence-electron chi connectivity index (χ2n) is 2.50. The Morgan fingerprint density at radius 1 is 1.36 bits per heavy atom. The number of hydrogen-bond acceptors (Lipinski definition) is 3. The Morgan fingerprint density at radius 2 is 2.00 bits per heavy atom. The number of amides is 1. The summed E-state index contributed by atoms with van der Waals surface area (Å²) in [5.74, 6) is -0.00642. The molecule has 0 bridgehead atoms. The summed E-state index contributed by atoms with van der Waals surface area (Å²) in [4.78, 5) is 10.9. The Labute approximate surface area is 88.6 Å². The number of benzene rings is 1. The van der Waals surface area contributed by atoms with Gasteiger partial charge in [0.05, 0.1) is 5.56 Å². The van der Waals surface area contributed by atoms with Crippen molar-refractivity contribution < 1.29 is 9.53 Å². The van der Waals surface area contributed by atoms with Crippen LogP contribution in [0.1, 0.15) is 10.4 Å². The Bertz CT molecular complexity index is 305. The number of halogens is 1. The maximum absolute atomic E-state index is 10.9. The van der Waals surface area contributed by atoms with Crippen LogP contribution in [-0.4, -0.2) is 19.1 Å². The summed E-state index contributed by atoms with van der Waals surface area (Å²) >= 11 is 0. The zero-order valence-corrected chi connectivity index (χ0v) is 8.42. The molecule has 0 aromatic heterocycles. The van der Waals surface area contributed by atoms with Crippen LogP contribution in [0.2, 0.25) is 0 Å². The summed E-state index contributed by atoms with van der Waals surface area (Å²) in [6.45, 7) is 0.789. The van der Waals surface area contributed by atoms with E-state index in [1.807, 2.05) is 0 Å². The van der Waals surface area contributed by atoms with Crippen LogP contribution in [0.15, 0.2) is 24.3 Å². The highest BCUT2D eigenvalue weighted by molar-refractivity contribution is 5.95. The second kappa shape index (κ2) is 6.23. The first kappa shape index (κ1) is 12.7. The van der Waals surface area contributed by atoms with E-state index < -0.39 is 5.91 Å². The van der Waals surface area contributed by atoms with Gasteiger partial charge in [0.15, 0.2) is 0 Å². The molecule has 14 heavy (non-hydrogen) atoms. The largest absolute Gasteiger partial charge is 0.491 e. The Kier molecular flexibility index (Phi) is 5.67. The molecule has 0 heterocycles. The van der Waals surface area contributed by atoms with Crippen molar-refractivity contribution in [2.24, 2.45) is 11.5 Å². The van der Waals surface area contributed by atoms with Crippen LogP contribution >= 0.6 is 12.4 Å². The summed E-state index contributed by atoms with van der Waals surface area (Å²) in [5, 5.41) is 0. The summed E-state index contributed by atoms with van der Waals surface area (Å²) in [5.41, 5.74) is 10.8. The molecule has 4 N–H and O–H groups in total. The third-order valence-electron chi connectivity index (χ3n) is 1.53. The van der Waals surface area contributed by atoms with Crippen molar-refractivity contribution in [2.75, 3.05) is 13.2 Å². The average Bonchev–Trinajstić information content (AvgIpc) is 2.15. The lowest BCUT2D eigenvalue weighted by Crippen LogP contribution is -2.16. The minimum atomic E-state index is -0.493. The van der Waals surface area contributed by atoms with E-state index in [-0.39, 0.29) is 12.4 Å². The predicted molar refractivity (Wildman–Crippen MR) is 56.8 cm³/mol. The lowest BCUT2D eigenvalue weighted by atomic mass is 10.2. The molecule has 0 saturated carbocycles. The fraction of sp³-hybridized carbons (Fsp3) is 0.222. The summed E-state index contributed by atoms with van der Waals surface area (Å²) < 4.78 is 5.22. The van der Waals surface area contributed by atoms with Gasteiger partial charge in [0.1, 0.15) is 12.4 Å². The molecule has 5 heteroatoms. The number of ether oxygens (including phenoxy) is 1. The number of para-hydroxylation sites is 1. The van der Waals surface area contributed by atoms with Crippen molar-refractivity contribution in [3.05, 3.63) is 29.8 Å². The van der Waals surface area contributed by atoms with Crippen LogP contribution < -0.4 is 16.2 Å². The molecule has 4 nitrogen and oxygen atoms in total. The van der Waals surface area contributed by atoms with Crippen LogP contribution in [0.5, 0.6) is 5.75 Å². The van der Waals surface area contributed by atoms with E-state index in [1.165, 1.54) is 0 Å². The van der Waals surface area contributed by atoms with Gasteiger partial charge in [-0.2, -0.15) is 0 Å². The molecule has 0 fully saturated rings. The van der Waals surface area contributed by atoms with Gasteiger partial charge in [-0.05, 0) is 12.1 Å². The summed E-state index contributed by atoms with van der Waals surface area (Å²) in [6.07, 6.45) is 0. The van der Waals surface area contributed by atoms with Gasteiger partial charge in [-0.3, -0.25) is 4.79 Å². The maximum Gasteiger partial charge on any atom is 0.252 e. The highest BCUT2D eigenvalue weighted by atomic mass is 35.5. The first-order chi connectivity index (χ1) is 6.25. The minimum absolute atomic E-state index is 0. The number of nitrogens with two attached hydrogens (primary N) is 2. The standard InChI is InChI=1S/C9H12N2O2.ClH/c10-5-6-13-8-4-2-1-3-7(8)9(11)12;/h1-4H,5-6,10H2,(H2,11,12);1H. The molecule has 0 aliphatic carbocycles. The van der Waals surface area contributed by atoms with Gasteiger partial charge < -0.3 is 16.2 Å². The molecular weight excluding hydrogens is 204 g/mol. The molecule has 0 atom stereocenters. The lowest BCUT2D eigenvalue weighted by molar-refractivity contribution is 0.0996. The monoisotopic (exact) mass is 216 g/mol. The van der Waals surface area contributed by atoms with Gasteiger partial charge in [0.25, 0.3) is 5.91 Å². The Morgan fingerprint density at radius 3 is 2.57 bits per heavy atom. The van der Waals surface area contributed by atoms with Crippen LogP contribution in [0.3, 0.4) is 0 Å². The molecule has 0 aliphatic rings. The molecule has 1 aromatic carbocycles. The van der Waals surface area contributed by atoms with Crippen LogP contribution in [0, 0.1) is 0 Å². The molecule has 78 valence electrons. The number of hydrogen-bond donors (Lipinski definition) is 2. The van der Waals surface area contributed by atoms with Crippen molar-refractivity contribution in [1.82, 2.24) is 0 Å². The SMILES string of the molecule is Cl.NCCOc1ccccc1C(N)=O. The number of rotatable bonds is 4. The van der Waals surface area contributed by atoms with E-state index in [4.69, 9.17) is 16.2 Å². The van der Waals surface area contributed by atoms with E-state index in [9.17, 15) is 4.79 Å². The molecular formula is C9H13ClN2O2. The van der Waals surface area contributed by atoms with Gasteiger partial charge in [-0.15, -0.1) is 12.4 Å². The van der Waals surface area contributed by atoms with E-state index in [0.29, 0.717) is 24.5 Å². The predicted octanol–water partition coefficient (Wildman–Crippen LogP) is 0.545. The van der Waals surface area contributed by atoms with Gasteiger partial charge in [0.2, 0.25) is 0 Å². The molecule has 1 aromatic rings. The van der Waals surface area contributed by atoms with Crippen molar-refractivity contribution in [3.8, 4) is 5.75 Å². The van der Waals surface area contributed by atoms with Gasteiger partial charge >= 0.3 is 0 Å². The average molecular weight is 217 g/mol. The quantitative estimate of drug-likeness (QED) is 0.771. The van der Waals surface area contributed by atoms with Gasteiger partial charge in [-0.1, -0.05) is 12.1 Å². The fourth-order valence-corrected chi connectivity index (χ4v) is 0.965. The fourth-order valence-electron chi connectivity index (χ4n) is 0.965. The van der Waals surface area contributed by atoms with Crippen molar-refractivity contribution in [2.45, 2.75) is 0 Å². The molecule has 1 amide bonds. The first-order valence-electron chi connectivity index (χ1n) is 3.97. The molecule has 0 aliphatic heterocycles. The zero-order chi connectivity index (χ0) is 9.68. The highest BCUT2D eigenvalue weighted by Gasteiger charge is 2.06. The minimum Gasteiger partial charge on any atom is -0.491 e. The molecule has 0 unspecified atom stereocenters. The van der Waals surface area contributed by atoms with Crippen molar-refractivity contribution >= 4 is 18.3 Å². The summed E-state index contributed by atoms with van der Waals surface area (Å²) in [7, 11) is 0. The highest BCUT2D eigenvalue weighted by Crippen LogP contribution is 2.16. The normalized spacial score (nSPS) is 8.93. The van der Waals surface area contributed by atoms with Gasteiger partial charge in [0, 0.05) is 6.54 Å². The van der Waals surface area contributed by atoms with Crippen molar-refractivity contribution in [3.63, 3.8) is 0 Å². The topological polar surface area (TPSA) is 78.3 Å². The number of carbonyl (C=O) groups is 1. The molecule has 0 spiro atoms. The first-order valence-corrected chi connectivity index (χ1v) is 3.97. The van der Waals surface area contributed by atoms with E-state index in [0.717, 1.165) is 0 Å². The lowest BCUT2D eigenvalue weighted by Gasteiger charge is -2.07.